The van der Waals surface area contributed by atoms with Gasteiger partial charge in [0.25, 0.3) is 5.56 Å². The number of rotatable bonds is 4. The predicted octanol–water partition coefficient (Wildman–Crippen LogP) is 3.18. The van der Waals surface area contributed by atoms with Crippen molar-refractivity contribution < 1.29 is 9.18 Å². The quantitative estimate of drug-likeness (QED) is 0.533. The van der Waals surface area contributed by atoms with Crippen molar-refractivity contribution in [3.8, 4) is 5.69 Å². The summed E-state index contributed by atoms with van der Waals surface area (Å²) in [4.78, 5) is 43.0. The second-order valence-corrected chi connectivity index (χ2v) is 7.36. The summed E-state index contributed by atoms with van der Waals surface area (Å²) in [5.41, 5.74) is 1.47. The SMILES string of the molecule is C[C@H](Nc1ncnc2c1C(=O)C=CC2)c1nc2ccc(F)cc2c(=O)n1-c1cccnc1. The molecule has 158 valence electrons. The lowest BCUT2D eigenvalue weighted by Crippen LogP contribution is -2.28. The third kappa shape index (κ3) is 3.33. The van der Waals surface area contributed by atoms with Crippen LogP contribution < -0.4 is 10.9 Å². The zero-order valence-electron chi connectivity index (χ0n) is 17.0. The molecule has 3 heterocycles. The number of pyridine rings is 1. The Bertz CT molecular complexity index is 1450. The van der Waals surface area contributed by atoms with Crippen molar-refractivity contribution in [2.45, 2.75) is 19.4 Å². The molecule has 0 bridgehead atoms. The number of carbonyl (C=O) groups is 1. The minimum absolute atomic E-state index is 0.157. The molecule has 0 aliphatic heterocycles. The molecule has 5 rings (SSSR count). The molecule has 0 unspecified atom stereocenters. The third-order valence-electron chi connectivity index (χ3n) is 5.25. The highest BCUT2D eigenvalue weighted by molar-refractivity contribution is 6.09. The number of anilines is 1. The van der Waals surface area contributed by atoms with Gasteiger partial charge in [-0.25, -0.2) is 19.3 Å². The molecular weight excluding hydrogens is 411 g/mol. The van der Waals surface area contributed by atoms with Crippen molar-refractivity contribution in [2.24, 2.45) is 0 Å². The first kappa shape index (κ1) is 19.7. The van der Waals surface area contributed by atoms with E-state index >= 15 is 0 Å². The number of hydrogen-bond acceptors (Lipinski definition) is 7. The van der Waals surface area contributed by atoms with Gasteiger partial charge in [0.15, 0.2) is 5.78 Å². The lowest BCUT2D eigenvalue weighted by atomic mass is 10.0. The number of allylic oxidation sites excluding steroid dienone is 2. The van der Waals surface area contributed by atoms with E-state index < -0.39 is 17.4 Å². The van der Waals surface area contributed by atoms with Gasteiger partial charge >= 0.3 is 0 Å². The first-order chi connectivity index (χ1) is 15.5. The molecule has 3 aromatic heterocycles. The molecular formula is C23H17FN6O2. The van der Waals surface area contributed by atoms with Crippen LogP contribution in [0.4, 0.5) is 10.2 Å². The first-order valence-corrected chi connectivity index (χ1v) is 9.97. The molecule has 1 aliphatic rings. The number of nitrogens with one attached hydrogen (secondary N) is 1. The van der Waals surface area contributed by atoms with Crippen LogP contribution in [0.3, 0.4) is 0 Å². The van der Waals surface area contributed by atoms with Gasteiger partial charge in [0.1, 0.15) is 23.8 Å². The van der Waals surface area contributed by atoms with E-state index in [1.165, 1.54) is 41.4 Å². The topological polar surface area (TPSA) is 103 Å². The van der Waals surface area contributed by atoms with Crippen LogP contribution in [0.2, 0.25) is 0 Å². The summed E-state index contributed by atoms with van der Waals surface area (Å²) in [5, 5.41) is 3.36. The minimum Gasteiger partial charge on any atom is -0.360 e. The number of fused-ring (bicyclic) bond motifs is 2. The lowest BCUT2D eigenvalue weighted by Gasteiger charge is -2.21. The van der Waals surface area contributed by atoms with Gasteiger partial charge in [-0.15, -0.1) is 0 Å². The van der Waals surface area contributed by atoms with E-state index in [0.29, 0.717) is 40.5 Å². The number of benzene rings is 1. The van der Waals surface area contributed by atoms with Gasteiger partial charge in [0.05, 0.1) is 40.1 Å². The monoisotopic (exact) mass is 428 g/mol. The Morgan fingerprint density at radius 2 is 2.06 bits per heavy atom. The van der Waals surface area contributed by atoms with Crippen molar-refractivity contribution in [2.75, 3.05) is 5.32 Å². The maximum Gasteiger partial charge on any atom is 0.266 e. The van der Waals surface area contributed by atoms with Gasteiger partial charge in [-0.05, 0) is 43.3 Å². The van der Waals surface area contributed by atoms with Crippen LogP contribution in [0, 0.1) is 5.82 Å². The summed E-state index contributed by atoms with van der Waals surface area (Å²) in [6.45, 7) is 1.81. The highest BCUT2D eigenvalue weighted by atomic mass is 19.1. The summed E-state index contributed by atoms with van der Waals surface area (Å²) in [5.74, 6) is 0.0247. The van der Waals surface area contributed by atoms with Gasteiger partial charge in [-0.2, -0.15) is 0 Å². The van der Waals surface area contributed by atoms with Crippen LogP contribution in [0.1, 0.15) is 34.8 Å². The minimum atomic E-state index is -0.532. The van der Waals surface area contributed by atoms with Gasteiger partial charge in [-0.3, -0.25) is 19.1 Å². The number of halogens is 1. The first-order valence-electron chi connectivity index (χ1n) is 9.97. The fraction of sp³-hybridized carbons (Fsp3) is 0.130. The number of hydrogen-bond donors (Lipinski definition) is 1. The molecule has 1 N–H and O–H groups in total. The lowest BCUT2D eigenvalue weighted by molar-refractivity contribution is 0.104. The Labute approximate surface area is 181 Å². The number of nitrogens with zero attached hydrogens (tertiary/aromatic N) is 5. The number of aromatic nitrogens is 5. The van der Waals surface area contributed by atoms with E-state index in [1.54, 1.807) is 24.4 Å². The van der Waals surface area contributed by atoms with Crippen molar-refractivity contribution in [3.05, 3.63) is 94.5 Å². The third-order valence-corrected chi connectivity index (χ3v) is 5.25. The molecule has 9 heteroatoms. The van der Waals surface area contributed by atoms with Crippen LogP contribution >= 0.6 is 0 Å². The maximum absolute atomic E-state index is 13.8. The van der Waals surface area contributed by atoms with Crippen LogP contribution in [-0.2, 0) is 6.42 Å². The number of carbonyl (C=O) groups excluding carboxylic acids is 1. The highest BCUT2D eigenvalue weighted by Gasteiger charge is 2.23. The van der Waals surface area contributed by atoms with E-state index in [1.807, 2.05) is 6.92 Å². The van der Waals surface area contributed by atoms with Crippen LogP contribution in [-0.4, -0.2) is 30.3 Å². The predicted molar refractivity (Wildman–Crippen MR) is 116 cm³/mol. The standard InChI is InChI=1S/C23H17FN6O2/c1-13(28-21-20-18(26-12-27-21)5-2-6-19(20)31)22-29-17-8-7-14(24)10-16(17)23(32)30(22)15-4-3-9-25-11-15/h2-4,6-13H,5H2,1H3,(H,26,27,28)/t13-/m0/s1. The Balaban J connectivity index is 1.67. The van der Waals surface area contributed by atoms with Crippen molar-refractivity contribution >= 4 is 22.5 Å². The van der Waals surface area contributed by atoms with Crippen LogP contribution in [0.15, 0.2) is 66.0 Å². The highest BCUT2D eigenvalue weighted by Crippen LogP contribution is 2.26. The summed E-state index contributed by atoms with van der Waals surface area (Å²) in [6, 6.07) is 6.79. The molecule has 32 heavy (non-hydrogen) atoms. The molecule has 8 nitrogen and oxygen atoms in total. The second-order valence-electron chi connectivity index (χ2n) is 7.36. The van der Waals surface area contributed by atoms with Crippen molar-refractivity contribution in [1.82, 2.24) is 24.5 Å². The molecule has 0 radical (unpaired) electrons. The van der Waals surface area contributed by atoms with E-state index in [2.05, 4.69) is 25.3 Å². The zero-order valence-corrected chi connectivity index (χ0v) is 17.0. The maximum atomic E-state index is 13.8. The molecule has 1 atom stereocenters. The number of ketones is 1. The van der Waals surface area contributed by atoms with E-state index in [9.17, 15) is 14.0 Å². The summed E-state index contributed by atoms with van der Waals surface area (Å²) in [6.07, 6.45) is 8.31. The van der Waals surface area contributed by atoms with Gasteiger partial charge < -0.3 is 5.32 Å². The fourth-order valence-corrected chi connectivity index (χ4v) is 3.78. The van der Waals surface area contributed by atoms with Gasteiger partial charge in [0, 0.05) is 12.6 Å². The molecule has 0 fully saturated rings. The molecule has 0 saturated heterocycles. The van der Waals surface area contributed by atoms with Crippen LogP contribution in [0.25, 0.3) is 16.6 Å². The molecule has 1 aromatic carbocycles. The van der Waals surface area contributed by atoms with E-state index in [-0.39, 0.29) is 11.2 Å². The summed E-state index contributed by atoms with van der Waals surface area (Å²) in [7, 11) is 0. The molecule has 4 aromatic rings. The van der Waals surface area contributed by atoms with Gasteiger partial charge in [-0.1, -0.05) is 6.08 Å². The average molecular weight is 428 g/mol. The van der Waals surface area contributed by atoms with E-state index in [0.717, 1.165) is 0 Å². The Morgan fingerprint density at radius 1 is 1.19 bits per heavy atom. The Morgan fingerprint density at radius 3 is 2.88 bits per heavy atom. The largest absolute Gasteiger partial charge is 0.360 e. The van der Waals surface area contributed by atoms with Crippen molar-refractivity contribution in [1.29, 1.82) is 0 Å². The summed E-state index contributed by atoms with van der Waals surface area (Å²) >= 11 is 0. The summed E-state index contributed by atoms with van der Waals surface area (Å²) < 4.78 is 15.2. The smallest absolute Gasteiger partial charge is 0.266 e. The Hall–Kier alpha value is -4.27. The average Bonchev–Trinajstić information content (AvgIpc) is 2.80. The Kier molecular flexibility index (Phi) is 4.78. The fourth-order valence-electron chi connectivity index (χ4n) is 3.78. The molecule has 1 aliphatic carbocycles. The molecule has 0 saturated carbocycles. The van der Waals surface area contributed by atoms with E-state index in [4.69, 9.17) is 0 Å². The molecule has 0 amide bonds. The van der Waals surface area contributed by atoms with Crippen molar-refractivity contribution in [3.63, 3.8) is 0 Å². The van der Waals surface area contributed by atoms with Gasteiger partial charge in [0.2, 0.25) is 0 Å². The second kappa shape index (κ2) is 7.77. The molecule has 0 spiro atoms. The zero-order chi connectivity index (χ0) is 22.2. The van der Waals surface area contributed by atoms with Crippen LogP contribution in [0.5, 0.6) is 0 Å². The normalized spacial score (nSPS) is 13.8.